The number of rotatable bonds is 3. The van der Waals surface area contributed by atoms with Crippen LogP contribution in [-0.4, -0.2) is 52.9 Å². The highest BCUT2D eigenvalue weighted by atomic mass is 32.1. The van der Waals surface area contributed by atoms with Crippen LogP contribution in [0.5, 0.6) is 0 Å². The largest absolute Gasteiger partial charge is 0.340 e. The monoisotopic (exact) mass is 415 g/mol. The summed E-state index contributed by atoms with van der Waals surface area (Å²) < 4.78 is 0. The van der Waals surface area contributed by atoms with Crippen LogP contribution in [-0.2, 0) is 17.8 Å². The maximum Gasteiger partial charge on any atom is 0.298 e. The number of carbonyl (C=O) groups excluding carboxylic acids is 1. The van der Waals surface area contributed by atoms with Crippen LogP contribution in [0.15, 0.2) is 30.6 Å². The molecule has 7 heteroatoms. The van der Waals surface area contributed by atoms with Crippen molar-refractivity contribution in [2.24, 2.45) is 0 Å². The van der Waals surface area contributed by atoms with Crippen molar-refractivity contribution < 1.29 is 4.79 Å². The Balaban J connectivity index is 1.61. The molecule has 150 valence electrons. The van der Waals surface area contributed by atoms with Gasteiger partial charge in [0.2, 0.25) is 0 Å². The van der Waals surface area contributed by atoms with E-state index in [1.54, 1.807) is 22.6 Å². The number of amides is 1. The van der Waals surface area contributed by atoms with Crippen molar-refractivity contribution >= 4 is 39.0 Å². The first-order chi connectivity index (χ1) is 14.5. The lowest BCUT2D eigenvalue weighted by atomic mass is 10.0. The van der Waals surface area contributed by atoms with Gasteiger partial charge in [0.05, 0.1) is 18.5 Å². The summed E-state index contributed by atoms with van der Waals surface area (Å²) in [5.41, 5.74) is 2.90. The topological polar surface area (TPSA) is 61.4 Å². The van der Waals surface area contributed by atoms with Gasteiger partial charge < -0.3 is 10.2 Å². The number of thiophene rings is 1. The van der Waals surface area contributed by atoms with E-state index in [2.05, 4.69) is 33.0 Å². The summed E-state index contributed by atoms with van der Waals surface area (Å²) in [6.45, 7) is 1.76. The van der Waals surface area contributed by atoms with Gasteiger partial charge in [-0.3, -0.25) is 9.69 Å². The van der Waals surface area contributed by atoms with E-state index in [0.717, 1.165) is 38.6 Å². The summed E-state index contributed by atoms with van der Waals surface area (Å²) in [7, 11) is 3.86. The number of fused-ring (bicyclic) bond motifs is 3. The highest BCUT2D eigenvalue weighted by molar-refractivity contribution is 7.19. The Labute approximate surface area is 179 Å². The molecule has 6 nitrogen and oxygen atoms in total. The van der Waals surface area contributed by atoms with Gasteiger partial charge >= 0.3 is 0 Å². The van der Waals surface area contributed by atoms with E-state index in [1.165, 1.54) is 5.56 Å². The third kappa shape index (κ3) is 4.13. The number of terminal acetylenes is 1. The number of benzene rings is 1. The van der Waals surface area contributed by atoms with E-state index in [1.807, 2.05) is 43.3 Å². The molecule has 0 saturated carbocycles. The van der Waals surface area contributed by atoms with Crippen molar-refractivity contribution in [2.45, 2.75) is 13.0 Å². The predicted molar refractivity (Wildman–Crippen MR) is 121 cm³/mol. The minimum Gasteiger partial charge on any atom is -0.340 e. The number of carbonyl (C=O) groups is 1. The first kappa shape index (κ1) is 19.9. The molecule has 1 aliphatic rings. The average Bonchev–Trinajstić information content (AvgIpc) is 3.12. The SMILES string of the molecule is C#Cc1cccc(Nc2ncnc3sc4c(c23)CCN(C(=O)C#CCN(C)C)C4)c1. The highest BCUT2D eigenvalue weighted by Crippen LogP contribution is 2.38. The second kappa shape index (κ2) is 8.54. The molecule has 1 aromatic carbocycles. The fourth-order valence-corrected chi connectivity index (χ4v) is 4.57. The summed E-state index contributed by atoms with van der Waals surface area (Å²) in [5, 5.41) is 4.41. The van der Waals surface area contributed by atoms with Gasteiger partial charge in [0.1, 0.15) is 17.0 Å². The van der Waals surface area contributed by atoms with Crippen molar-refractivity contribution in [2.75, 3.05) is 32.5 Å². The fourth-order valence-electron chi connectivity index (χ4n) is 3.37. The number of nitrogens with zero attached hydrogens (tertiary/aromatic N) is 4. The summed E-state index contributed by atoms with van der Waals surface area (Å²) in [5.74, 6) is 8.95. The van der Waals surface area contributed by atoms with Crippen molar-refractivity contribution in [3.8, 4) is 24.2 Å². The Hall–Kier alpha value is -3.39. The lowest BCUT2D eigenvalue weighted by Gasteiger charge is -2.25. The lowest BCUT2D eigenvalue weighted by molar-refractivity contribution is -0.125. The second-order valence-electron chi connectivity index (χ2n) is 7.27. The van der Waals surface area contributed by atoms with Gasteiger partial charge in [-0.15, -0.1) is 17.8 Å². The lowest BCUT2D eigenvalue weighted by Crippen LogP contribution is -2.34. The highest BCUT2D eigenvalue weighted by Gasteiger charge is 2.25. The third-order valence-electron chi connectivity index (χ3n) is 4.81. The van der Waals surface area contributed by atoms with Gasteiger partial charge in [-0.05, 0) is 50.2 Å². The molecule has 0 fully saturated rings. The van der Waals surface area contributed by atoms with E-state index in [9.17, 15) is 4.79 Å². The maximum atomic E-state index is 12.5. The Morgan fingerprint density at radius 1 is 1.37 bits per heavy atom. The quantitative estimate of drug-likeness (QED) is 0.667. The minimum absolute atomic E-state index is 0.129. The van der Waals surface area contributed by atoms with Gasteiger partial charge in [-0.25, -0.2) is 9.97 Å². The van der Waals surface area contributed by atoms with Crippen LogP contribution >= 0.6 is 11.3 Å². The molecule has 1 N–H and O–H groups in total. The molecule has 0 spiro atoms. The van der Waals surface area contributed by atoms with Crippen molar-refractivity contribution in [3.05, 3.63) is 46.6 Å². The van der Waals surface area contributed by atoms with Gasteiger partial charge in [0, 0.05) is 22.7 Å². The Kier molecular flexibility index (Phi) is 5.67. The Morgan fingerprint density at radius 3 is 3.03 bits per heavy atom. The van der Waals surface area contributed by atoms with Crippen molar-refractivity contribution in [1.29, 1.82) is 0 Å². The summed E-state index contributed by atoms with van der Waals surface area (Å²) in [6.07, 6.45) is 7.83. The summed E-state index contributed by atoms with van der Waals surface area (Å²) in [6, 6.07) is 7.68. The molecule has 30 heavy (non-hydrogen) atoms. The molecule has 2 aromatic heterocycles. The molecule has 1 amide bonds. The van der Waals surface area contributed by atoms with E-state index < -0.39 is 0 Å². The molecule has 0 aliphatic carbocycles. The number of anilines is 2. The van der Waals surface area contributed by atoms with Crippen LogP contribution in [0.25, 0.3) is 10.2 Å². The van der Waals surface area contributed by atoms with Gasteiger partial charge in [-0.1, -0.05) is 17.9 Å². The number of nitrogens with one attached hydrogen (secondary N) is 1. The van der Waals surface area contributed by atoms with E-state index in [-0.39, 0.29) is 5.91 Å². The predicted octanol–water partition coefficient (Wildman–Crippen LogP) is 2.87. The molecule has 3 aromatic rings. The number of hydrogen-bond donors (Lipinski definition) is 1. The molecule has 1 aliphatic heterocycles. The van der Waals surface area contributed by atoms with E-state index in [0.29, 0.717) is 19.6 Å². The van der Waals surface area contributed by atoms with Crippen LogP contribution < -0.4 is 5.32 Å². The molecular weight excluding hydrogens is 394 g/mol. The first-order valence-electron chi connectivity index (χ1n) is 9.56. The van der Waals surface area contributed by atoms with Crippen LogP contribution in [0.4, 0.5) is 11.5 Å². The van der Waals surface area contributed by atoms with E-state index >= 15 is 0 Å². The number of aromatic nitrogens is 2. The molecule has 0 radical (unpaired) electrons. The van der Waals surface area contributed by atoms with Crippen LogP contribution in [0.2, 0.25) is 0 Å². The molecule has 0 saturated heterocycles. The second-order valence-corrected chi connectivity index (χ2v) is 8.36. The van der Waals surface area contributed by atoms with Crippen LogP contribution in [0, 0.1) is 24.2 Å². The van der Waals surface area contributed by atoms with Gasteiger partial charge in [-0.2, -0.15) is 0 Å². The Bertz CT molecular complexity index is 1210. The zero-order valence-electron chi connectivity index (χ0n) is 16.9. The minimum atomic E-state index is -0.129. The third-order valence-corrected chi connectivity index (χ3v) is 5.93. The molecule has 0 unspecified atom stereocenters. The smallest absolute Gasteiger partial charge is 0.298 e. The van der Waals surface area contributed by atoms with Crippen LogP contribution in [0.1, 0.15) is 16.0 Å². The zero-order valence-corrected chi connectivity index (χ0v) is 17.7. The molecule has 3 heterocycles. The average molecular weight is 416 g/mol. The standard InChI is InChI=1S/C23H21N5OS/c1-4-16-7-5-8-17(13-16)26-22-21-18-10-12-28(20(29)9-6-11-27(2)3)14-19(18)30-23(21)25-15-24-22/h1,5,7-8,13,15H,10-12,14H2,2-3H3,(H,24,25,26). The molecule has 0 bridgehead atoms. The molecule has 4 rings (SSSR count). The zero-order chi connectivity index (χ0) is 21.1. The Morgan fingerprint density at radius 2 is 2.23 bits per heavy atom. The normalized spacial score (nSPS) is 12.8. The summed E-state index contributed by atoms with van der Waals surface area (Å²) >= 11 is 1.61. The van der Waals surface area contributed by atoms with Gasteiger partial charge in [0.25, 0.3) is 5.91 Å². The molecule has 0 atom stereocenters. The number of hydrogen-bond acceptors (Lipinski definition) is 6. The van der Waals surface area contributed by atoms with Crippen LogP contribution in [0.3, 0.4) is 0 Å². The maximum absolute atomic E-state index is 12.5. The van der Waals surface area contributed by atoms with Gasteiger partial charge in [0.15, 0.2) is 0 Å². The van der Waals surface area contributed by atoms with Crippen molar-refractivity contribution in [1.82, 2.24) is 19.8 Å². The fraction of sp³-hybridized carbons (Fsp3) is 0.261. The van der Waals surface area contributed by atoms with Crippen molar-refractivity contribution in [3.63, 3.8) is 0 Å². The first-order valence-corrected chi connectivity index (χ1v) is 10.4. The molecular formula is C23H21N5OS. The van der Waals surface area contributed by atoms with E-state index in [4.69, 9.17) is 6.42 Å². The summed E-state index contributed by atoms with van der Waals surface area (Å²) in [4.78, 5) is 27.2.